The lowest BCUT2D eigenvalue weighted by atomic mass is 10.3. The van der Waals surface area contributed by atoms with Gasteiger partial charge in [-0.1, -0.05) is 6.92 Å². The second-order valence-electron chi connectivity index (χ2n) is 3.16. The van der Waals surface area contributed by atoms with E-state index in [0.717, 1.165) is 18.0 Å². The first-order valence-electron chi connectivity index (χ1n) is 3.81. The predicted molar refractivity (Wildman–Crippen MR) is 40.5 cm³/mol. The van der Waals surface area contributed by atoms with Crippen molar-refractivity contribution in [2.75, 3.05) is 0 Å². The Hall–Kier alpha value is -1.12. The number of nitrogens with zero attached hydrogens (tertiary/aromatic N) is 1. The molecule has 0 radical (unpaired) electrons. The van der Waals surface area contributed by atoms with Gasteiger partial charge in [-0.2, -0.15) is 0 Å². The van der Waals surface area contributed by atoms with E-state index in [-0.39, 0.29) is 0 Å². The summed E-state index contributed by atoms with van der Waals surface area (Å²) >= 11 is 0. The minimum atomic E-state index is 0.573. The summed E-state index contributed by atoms with van der Waals surface area (Å²) in [5.41, 5.74) is 0.583. The second-order valence-corrected chi connectivity index (χ2v) is 3.16. The van der Waals surface area contributed by atoms with Gasteiger partial charge >= 0.3 is 0 Å². The Morgan fingerprint density at radius 2 is 2.55 bits per heavy atom. The van der Waals surface area contributed by atoms with Gasteiger partial charge in [0.15, 0.2) is 6.29 Å². The van der Waals surface area contributed by atoms with E-state index in [4.69, 9.17) is 0 Å². The number of hydrogen-bond acceptors (Lipinski definition) is 2. The van der Waals surface area contributed by atoms with Crippen molar-refractivity contribution in [2.24, 2.45) is 5.92 Å². The molecule has 1 saturated carbocycles. The van der Waals surface area contributed by atoms with E-state index in [1.807, 2.05) is 0 Å². The van der Waals surface area contributed by atoms with Crippen LogP contribution >= 0.6 is 0 Å². The third-order valence-electron chi connectivity index (χ3n) is 2.20. The summed E-state index contributed by atoms with van der Waals surface area (Å²) in [5, 5.41) is 0. The highest BCUT2D eigenvalue weighted by Crippen LogP contribution is 2.45. The van der Waals surface area contributed by atoms with Crippen LogP contribution in [0.5, 0.6) is 0 Å². The van der Waals surface area contributed by atoms with Crippen LogP contribution in [0.3, 0.4) is 0 Å². The maximum Gasteiger partial charge on any atom is 0.167 e. The Morgan fingerprint density at radius 1 is 1.82 bits per heavy atom. The van der Waals surface area contributed by atoms with Crippen LogP contribution in [0, 0.1) is 5.92 Å². The molecular weight excluding hydrogens is 140 g/mol. The van der Waals surface area contributed by atoms with Crippen molar-refractivity contribution in [1.82, 2.24) is 9.97 Å². The molecule has 11 heavy (non-hydrogen) atoms. The summed E-state index contributed by atoms with van der Waals surface area (Å²) < 4.78 is 0. The zero-order valence-corrected chi connectivity index (χ0v) is 6.37. The average molecular weight is 150 g/mol. The molecule has 2 unspecified atom stereocenters. The predicted octanol–water partition coefficient (Wildman–Crippen LogP) is 1.35. The number of imidazole rings is 1. The summed E-state index contributed by atoms with van der Waals surface area (Å²) in [6, 6.07) is 0. The quantitative estimate of drug-likeness (QED) is 0.647. The fourth-order valence-corrected chi connectivity index (χ4v) is 1.30. The summed E-state index contributed by atoms with van der Waals surface area (Å²) in [6.07, 6.45) is 3.59. The van der Waals surface area contributed by atoms with Crippen LogP contribution in [0.2, 0.25) is 0 Å². The van der Waals surface area contributed by atoms with Crippen molar-refractivity contribution >= 4 is 6.29 Å². The standard InChI is InChI=1S/C8H10N2O/c1-5-2-7(5)8-9-3-6(4-11)10-8/h3-5,7H,2H2,1H3,(H,9,10). The van der Waals surface area contributed by atoms with Crippen LogP contribution in [0.25, 0.3) is 0 Å². The molecule has 1 aliphatic carbocycles. The Kier molecular flexibility index (Phi) is 1.31. The van der Waals surface area contributed by atoms with Gasteiger partial charge in [0, 0.05) is 5.92 Å². The molecule has 1 fully saturated rings. The number of hydrogen-bond donors (Lipinski definition) is 1. The summed E-state index contributed by atoms with van der Waals surface area (Å²) in [6.45, 7) is 2.19. The maximum atomic E-state index is 10.3. The van der Waals surface area contributed by atoms with Crippen molar-refractivity contribution in [3.63, 3.8) is 0 Å². The number of aromatic nitrogens is 2. The van der Waals surface area contributed by atoms with E-state index < -0.39 is 0 Å². The number of nitrogens with one attached hydrogen (secondary N) is 1. The molecule has 58 valence electrons. The smallest absolute Gasteiger partial charge is 0.167 e. The van der Waals surface area contributed by atoms with Crippen molar-refractivity contribution in [2.45, 2.75) is 19.3 Å². The van der Waals surface area contributed by atoms with Gasteiger partial charge in [-0.3, -0.25) is 4.79 Å². The lowest BCUT2D eigenvalue weighted by molar-refractivity contribution is 0.111. The number of H-pyrrole nitrogens is 1. The van der Waals surface area contributed by atoms with Crippen molar-refractivity contribution in [3.05, 3.63) is 17.7 Å². The third-order valence-corrected chi connectivity index (χ3v) is 2.20. The highest BCUT2D eigenvalue weighted by molar-refractivity contribution is 5.71. The van der Waals surface area contributed by atoms with E-state index in [0.29, 0.717) is 11.6 Å². The summed E-state index contributed by atoms with van der Waals surface area (Å²) in [4.78, 5) is 17.4. The molecule has 0 bridgehead atoms. The molecule has 1 N–H and O–H groups in total. The molecule has 0 aromatic carbocycles. The second kappa shape index (κ2) is 2.19. The van der Waals surface area contributed by atoms with Crippen LogP contribution < -0.4 is 0 Å². The molecule has 0 spiro atoms. The number of aromatic amines is 1. The number of rotatable bonds is 2. The molecule has 2 atom stereocenters. The fraction of sp³-hybridized carbons (Fsp3) is 0.500. The Balaban J connectivity index is 2.19. The normalized spacial score (nSPS) is 28.5. The maximum absolute atomic E-state index is 10.3. The molecule has 0 amide bonds. The molecule has 2 rings (SSSR count). The lowest BCUT2D eigenvalue weighted by Gasteiger charge is -1.87. The van der Waals surface area contributed by atoms with Crippen molar-refractivity contribution in [1.29, 1.82) is 0 Å². The molecule has 1 aliphatic rings. The zero-order valence-electron chi connectivity index (χ0n) is 6.37. The molecule has 1 aromatic heterocycles. The van der Waals surface area contributed by atoms with E-state index in [2.05, 4.69) is 16.9 Å². The Labute approximate surface area is 64.8 Å². The van der Waals surface area contributed by atoms with E-state index in [9.17, 15) is 4.79 Å². The van der Waals surface area contributed by atoms with Crippen LogP contribution in [0.15, 0.2) is 6.20 Å². The first-order valence-corrected chi connectivity index (χ1v) is 3.81. The molecular formula is C8H10N2O. The number of carbonyl (C=O) groups excluding carboxylic acids is 1. The summed E-state index contributed by atoms with van der Waals surface area (Å²) in [5.74, 6) is 2.28. The molecule has 0 aliphatic heterocycles. The molecule has 1 heterocycles. The van der Waals surface area contributed by atoms with Gasteiger partial charge in [-0.15, -0.1) is 0 Å². The minimum absolute atomic E-state index is 0.573. The van der Waals surface area contributed by atoms with Gasteiger partial charge in [0.05, 0.1) is 11.9 Å². The Morgan fingerprint density at radius 3 is 3.00 bits per heavy atom. The monoisotopic (exact) mass is 150 g/mol. The van der Waals surface area contributed by atoms with Gasteiger partial charge in [0.25, 0.3) is 0 Å². The van der Waals surface area contributed by atoms with E-state index in [1.165, 1.54) is 6.42 Å². The summed E-state index contributed by atoms with van der Waals surface area (Å²) in [7, 11) is 0. The van der Waals surface area contributed by atoms with Gasteiger partial charge < -0.3 is 4.98 Å². The first-order chi connectivity index (χ1) is 5.31. The van der Waals surface area contributed by atoms with Crippen LogP contribution in [-0.2, 0) is 0 Å². The first kappa shape index (κ1) is 6.58. The number of carbonyl (C=O) groups is 1. The highest BCUT2D eigenvalue weighted by Gasteiger charge is 2.36. The van der Waals surface area contributed by atoms with Crippen LogP contribution in [0.1, 0.15) is 35.6 Å². The van der Waals surface area contributed by atoms with Crippen LogP contribution in [0.4, 0.5) is 0 Å². The van der Waals surface area contributed by atoms with Crippen LogP contribution in [-0.4, -0.2) is 16.3 Å². The molecule has 3 heteroatoms. The third kappa shape index (κ3) is 1.06. The van der Waals surface area contributed by atoms with Gasteiger partial charge in [-0.05, 0) is 12.3 Å². The largest absolute Gasteiger partial charge is 0.340 e. The molecule has 3 nitrogen and oxygen atoms in total. The zero-order chi connectivity index (χ0) is 7.84. The van der Waals surface area contributed by atoms with Gasteiger partial charge in [0.2, 0.25) is 0 Å². The SMILES string of the molecule is CC1CC1c1ncc(C=O)[nH]1. The Bertz CT molecular complexity index is 279. The van der Waals surface area contributed by atoms with Crippen molar-refractivity contribution < 1.29 is 4.79 Å². The van der Waals surface area contributed by atoms with Crippen molar-refractivity contribution in [3.8, 4) is 0 Å². The van der Waals surface area contributed by atoms with E-state index in [1.54, 1.807) is 6.20 Å². The molecule has 0 saturated heterocycles. The average Bonchev–Trinajstić information content (AvgIpc) is 2.59. The van der Waals surface area contributed by atoms with Gasteiger partial charge in [0.1, 0.15) is 5.82 Å². The lowest BCUT2D eigenvalue weighted by Crippen LogP contribution is -1.84. The number of aldehydes is 1. The molecule has 1 aromatic rings. The topological polar surface area (TPSA) is 45.8 Å². The van der Waals surface area contributed by atoms with Gasteiger partial charge in [-0.25, -0.2) is 4.98 Å². The fourth-order valence-electron chi connectivity index (χ4n) is 1.30. The van der Waals surface area contributed by atoms with E-state index >= 15 is 0 Å². The minimum Gasteiger partial charge on any atom is -0.340 e. The highest BCUT2D eigenvalue weighted by atomic mass is 16.1.